The first-order valence-electron chi connectivity index (χ1n) is 8.94. The minimum absolute atomic E-state index is 0.00927. The molecule has 1 N–H and O–H groups in total. The van der Waals surface area contributed by atoms with Crippen molar-refractivity contribution in [3.8, 4) is 0 Å². The number of nitrogens with zero attached hydrogens (tertiary/aromatic N) is 1. The number of amides is 2. The molecule has 0 spiro atoms. The van der Waals surface area contributed by atoms with E-state index in [0.717, 1.165) is 29.7 Å². The Bertz CT molecular complexity index is 554. The molecule has 1 aliphatic heterocycles. The van der Waals surface area contributed by atoms with Crippen LogP contribution in [0.2, 0.25) is 0 Å². The lowest BCUT2D eigenvalue weighted by Crippen LogP contribution is -2.43. The standard InChI is InChI=1S/C19H28N2O3S/c1-3-24-14-4-11-20-18(22)15-9-12-21(13-10-15)19(23)16-5-7-17(25-2)8-6-16/h5-8,15H,3-4,9-14H2,1-2H3,(H,20,22). The molecule has 0 aliphatic carbocycles. The summed E-state index contributed by atoms with van der Waals surface area (Å²) in [5, 5.41) is 2.97. The number of ether oxygens (including phenoxy) is 1. The fourth-order valence-corrected chi connectivity index (χ4v) is 3.34. The highest BCUT2D eigenvalue weighted by atomic mass is 32.2. The van der Waals surface area contributed by atoms with Gasteiger partial charge in [-0.3, -0.25) is 9.59 Å². The van der Waals surface area contributed by atoms with Gasteiger partial charge in [0, 0.05) is 49.2 Å². The largest absolute Gasteiger partial charge is 0.382 e. The van der Waals surface area contributed by atoms with Crippen LogP contribution >= 0.6 is 11.8 Å². The van der Waals surface area contributed by atoms with Crippen molar-refractivity contribution >= 4 is 23.6 Å². The Hall–Kier alpha value is -1.53. The molecule has 2 rings (SSSR count). The van der Waals surface area contributed by atoms with Crippen molar-refractivity contribution in [3.05, 3.63) is 29.8 Å². The van der Waals surface area contributed by atoms with Crippen LogP contribution in [0.5, 0.6) is 0 Å². The third kappa shape index (κ3) is 6.04. The zero-order valence-electron chi connectivity index (χ0n) is 15.1. The highest BCUT2D eigenvalue weighted by Crippen LogP contribution is 2.21. The second-order valence-corrected chi connectivity index (χ2v) is 7.02. The molecule has 0 atom stereocenters. The molecular weight excluding hydrogens is 336 g/mol. The van der Waals surface area contributed by atoms with E-state index >= 15 is 0 Å². The molecule has 0 aromatic heterocycles. The topological polar surface area (TPSA) is 58.6 Å². The van der Waals surface area contributed by atoms with Gasteiger partial charge in [0.05, 0.1) is 0 Å². The minimum atomic E-state index is 0.00927. The Balaban J connectivity index is 1.74. The second-order valence-electron chi connectivity index (χ2n) is 6.14. The molecular formula is C19H28N2O3S. The highest BCUT2D eigenvalue weighted by molar-refractivity contribution is 7.98. The summed E-state index contributed by atoms with van der Waals surface area (Å²) in [5.41, 5.74) is 0.719. The summed E-state index contributed by atoms with van der Waals surface area (Å²) in [6, 6.07) is 7.71. The molecule has 6 heteroatoms. The van der Waals surface area contributed by atoms with Crippen LogP contribution in [0, 0.1) is 5.92 Å². The number of likely N-dealkylation sites (tertiary alicyclic amines) is 1. The lowest BCUT2D eigenvalue weighted by molar-refractivity contribution is -0.126. The molecule has 1 saturated heterocycles. The summed E-state index contributed by atoms with van der Waals surface area (Å²) in [5.74, 6) is 0.172. The van der Waals surface area contributed by atoms with Gasteiger partial charge in [-0.15, -0.1) is 11.8 Å². The molecule has 2 amide bonds. The monoisotopic (exact) mass is 364 g/mol. The van der Waals surface area contributed by atoms with Gasteiger partial charge in [0.2, 0.25) is 5.91 Å². The number of hydrogen-bond donors (Lipinski definition) is 1. The van der Waals surface area contributed by atoms with Crippen molar-refractivity contribution in [1.82, 2.24) is 10.2 Å². The zero-order valence-corrected chi connectivity index (χ0v) is 15.9. The number of carbonyl (C=O) groups excluding carboxylic acids is 2. The molecule has 1 aromatic rings. The number of nitrogens with one attached hydrogen (secondary N) is 1. The van der Waals surface area contributed by atoms with Gasteiger partial charge in [-0.2, -0.15) is 0 Å². The molecule has 1 aromatic carbocycles. The number of piperidine rings is 1. The third-order valence-electron chi connectivity index (χ3n) is 4.46. The van der Waals surface area contributed by atoms with Gasteiger partial charge in [0.25, 0.3) is 5.91 Å². The normalized spacial score (nSPS) is 15.2. The molecule has 5 nitrogen and oxygen atoms in total. The van der Waals surface area contributed by atoms with Gasteiger partial charge < -0.3 is 15.0 Å². The molecule has 0 radical (unpaired) electrons. The Morgan fingerprint density at radius 2 is 1.92 bits per heavy atom. The van der Waals surface area contributed by atoms with Crippen LogP contribution in [0.3, 0.4) is 0 Å². The number of carbonyl (C=O) groups is 2. The molecule has 25 heavy (non-hydrogen) atoms. The summed E-state index contributed by atoms with van der Waals surface area (Å²) >= 11 is 1.66. The number of rotatable bonds is 8. The van der Waals surface area contributed by atoms with Crippen molar-refractivity contribution in [2.45, 2.75) is 31.1 Å². The predicted octanol–water partition coefficient (Wildman–Crippen LogP) is 2.80. The minimum Gasteiger partial charge on any atom is -0.382 e. The van der Waals surface area contributed by atoms with Crippen LogP contribution in [0.1, 0.15) is 36.5 Å². The summed E-state index contributed by atoms with van der Waals surface area (Å²) in [6.45, 7) is 5.28. The van der Waals surface area contributed by atoms with E-state index in [4.69, 9.17) is 4.74 Å². The van der Waals surface area contributed by atoms with Gasteiger partial charge in [0.15, 0.2) is 0 Å². The first kappa shape index (κ1) is 19.8. The highest BCUT2D eigenvalue weighted by Gasteiger charge is 2.27. The van der Waals surface area contributed by atoms with Crippen LogP contribution in [-0.2, 0) is 9.53 Å². The molecule has 0 bridgehead atoms. The Labute approximate surface area is 154 Å². The second kappa shape index (κ2) is 10.5. The zero-order chi connectivity index (χ0) is 18.1. The van der Waals surface area contributed by atoms with Crippen molar-refractivity contribution < 1.29 is 14.3 Å². The Kier molecular flexibility index (Phi) is 8.28. The first-order chi connectivity index (χ1) is 12.2. The molecule has 0 unspecified atom stereocenters. The fraction of sp³-hybridized carbons (Fsp3) is 0.579. The Morgan fingerprint density at radius 1 is 1.24 bits per heavy atom. The van der Waals surface area contributed by atoms with E-state index in [1.54, 1.807) is 11.8 Å². The quantitative estimate of drug-likeness (QED) is 0.569. The lowest BCUT2D eigenvalue weighted by atomic mass is 9.95. The number of benzene rings is 1. The van der Waals surface area contributed by atoms with E-state index in [1.165, 1.54) is 0 Å². The average molecular weight is 365 g/mol. The van der Waals surface area contributed by atoms with E-state index < -0.39 is 0 Å². The summed E-state index contributed by atoms with van der Waals surface area (Å²) in [6.07, 6.45) is 4.31. The van der Waals surface area contributed by atoms with Crippen LogP contribution in [0.4, 0.5) is 0 Å². The van der Waals surface area contributed by atoms with E-state index in [9.17, 15) is 9.59 Å². The van der Waals surface area contributed by atoms with Crippen LogP contribution < -0.4 is 5.32 Å². The molecule has 1 heterocycles. The number of thioether (sulfide) groups is 1. The molecule has 1 aliphatic rings. The van der Waals surface area contributed by atoms with E-state index in [0.29, 0.717) is 32.8 Å². The summed E-state index contributed by atoms with van der Waals surface area (Å²) < 4.78 is 5.26. The average Bonchev–Trinajstić information content (AvgIpc) is 2.67. The van der Waals surface area contributed by atoms with Gasteiger partial charge >= 0.3 is 0 Å². The predicted molar refractivity (Wildman–Crippen MR) is 101 cm³/mol. The third-order valence-corrected chi connectivity index (χ3v) is 5.20. The fourth-order valence-electron chi connectivity index (χ4n) is 2.94. The van der Waals surface area contributed by atoms with Crippen molar-refractivity contribution in [3.63, 3.8) is 0 Å². The van der Waals surface area contributed by atoms with Crippen molar-refractivity contribution in [2.75, 3.05) is 39.1 Å². The van der Waals surface area contributed by atoms with Crippen molar-refractivity contribution in [2.24, 2.45) is 5.92 Å². The van der Waals surface area contributed by atoms with Gasteiger partial charge in [-0.25, -0.2) is 0 Å². The van der Waals surface area contributed by atoms with E-state index in [-0.39, 0.29) is 17.7 Å². The molecule has 138 valence electrons. The maximum atomic E-state index is 12.6. The molecule has 0 saturated carbocycles. The molecule has 1 fully saturated rings. The smallest absolute Gasteiger partial charge is 0.253 e. The Morgan fingerprint density at radius 3 is 2.52 bits per heavy atom. The maximum Gasteiger partial charge on any atom is 0.253 e. The lowest BCUT2D eigenvalue weighted by Gasteiger charge is -2.31. The van der Waals surface area contributed by atoms with E-state index in [1.807, 2.05) is 42.3 Å². The summed E-state index contributed by atoms with van der Waals surface area (Å²) in [7, 11) is 0. The van der Waals surface area contributed by atoms with Crippen molar-refractivity contribution in [1.29, 1.82) is 0 Å². The van der Waals surface area contributed by atoms with Crippen LogP contribution in [-0.4, -0.2) is 55.8 Å². The number of hydrogen-bond acceptors (Lipinski definition) is 4. The van der Waals surface area contributed by atoms with Crippen LogP contribution in [0.25, 0.3) is 0 Å². The SMILES string of the molecule is CCOCCCNC(=O)C1CCN(C(=O)c2ccc(SC)cc2)CC1. The maximum absolute atomic E-state index is 12.6. The summed E-state index contributed by atoms with van der Waals surface area (Å²) in [4.78, 5) is 27.7. The van der Waals surface area contributed by atoms with Gasteiger partial charge in [-0.1, -0.05) is 0 Å². The first-order valence-corrected chi connectivity index (χ1v) is 10.2. The van der Waals surface area contributed by atoms with Crippen LogP contribution in [0.15, 0.2) is 29.2 Å². The van der Waals surface area contributed by atoms with Gasteiger partial charge in [-0.05, 0) is 56.7 Å². The van der Waals surface area contributed by atoms with Gasteiger partial charge in [0.1, 0.15) is 0 Å². The van der Waals surface area contributed by atoms with E-state index in [2.05, 4.69) is 5.32 Å².